The standard InChI is InChI=1S/C13H18O3/c1-8(14)16-13-7-3-6-11(15)12(13)9-4-2-5-10(9)13/h9-10,12H,2-7H2,1H3/t9?,10?,12-,13+/m0/s1. The van der Waals surface area contributed by atoms with Crippen LogP contribution in [0.15, 0.2) is 0 Å². The van der Waals surface area contributed by atoms with Crippen molar-refractivity contribution in [3.8, 4) is 0 Å². The van der Waals surface area contributed by atoms with Crippen molar-refractivity contribution >= 4 is 11.8 Å². The van der Waals surface area contributed by atoms with Crippen LogP contribution in [0.3, 0.4) is 0 Å². The number of rotatable bonds is 1. The van der Waals surface area contributed by atoms with Crippen molar-refractivity contribution in [2.45, 2.75) is 51.0 Å². The van der Waals surface area contributed by atoms with E-state index in [9.17, 15) is 9.59 Å². The van der Waals surface area contributed by atoms with Crippen molar-refractivity contribution in [1.82, 2.24) is 0 Å². The molecule has 0 aliphatic heterocycles. The third-order valence-corrected chi connectivity index (χ3v) is 4.82. The largest absolute Gasteiger partial charge is 0.458 e. The second-order valence-corrected chi connectivity index (χ2v) is 5.55. The normalized spacial score (nSPS) is 45.6. The highest BCUT2D eigenvalue weighted by molar-refractivity contribution is 5.85. The molecule has 3 aliphatic rings. The molecule has 0 radical (unpaired) electrons. The van der Waals surface area contributed by atoms with Crippen LogP contribution in [-0.2, 0) is 14.3 Å². The van der Waals surface area contributed by atoms with Crippen molar-refractivity contribution in [3.05, 3.63) is 0 Å². The molecule has 4 atom stereocenters. The van der Waals surface area contributed by atoms with E-state index in [1.165, 1.54) is 13.3 Å². The van der Waals surface area contributed by atoms with E-state index in [4.69, 9.17) is 4.74 Å². The van der Waals surface area contributed by atoms with Crippen molar-refractivity contribution in [1.29, 1.82) is 0 Å². The Bertz CT molecular complexity index is 349. The summed E-state index contributed by atoms with van der Waals surface area (Å²) in [5.41, 5.74) is -0.387. The summed E-state index contributed by atoms with van der Waals surface area (Å²) < 4.78 is 5.60. The van der Waals surface area contributed by atoms with Crippen LogP contribution in [0.4, 0.5) is 0 Å². The van der Waals surface area contributed by atoms with E-state index in [-0.39, 0.29) is 17.5 Å². The second-order valence-electron chi connectivity index (χ2n) is 5.55. The van der Waals surface area contributed by atoms with Gasteiger partial charge in [0.05, 0.1) is 5.92 Å². The van der Waals surface area contributed by atoms with Gasteiger partial charge in [-0.2, -0.15) is 0 Å². The molecule has 16 heavy (non-hydrogen) atoms. The van der Waals surface area contributed by atoms with Crippen LogP contribution in [0, 0.1) is 17.8 Å². The van der Waals surface area contributed by atoms with Crippen molar-refractivity contribution in [2.75, 3.05) is 0 Å². The van der Waals surface area contributed by atoms with E-state index in [0.717, 1.165) is 25.7 Å². The number of carbonyl (C=O) groups excluding carboxylic acids is 2. The number of carbonyl (C=O) groups is 2. The topological polar surface area (TPSA) is 43.4 Å². The molecule has 2 unspecified atom stereocenters. The highest BCUT2D eigenvalue weighted by Gasteiger charge is 2.68. The maximum Gasteiger partial charge on any atom is 0.303 e. The van der Waals surface area contributed by atoms with Crippen LogP contribution in [-0.4, -0.2) is 17.4 Å². The van der Waals surface area contributed by atoms with Crippen LogP contribution >= 0.6 is 0 Å². The molecule has 0 aromatic carbocycles. The minimum atomic E-state index is -0.387. The third kappa shape index (κ3) is 1.14. The molecule has 3 heteroatoms. The lowest BCUT2D eigenvalue weighted by Crippen LogP contribution is -2.66. The predicted molar refractivity (Wildman–Crippen MR) is 57.7 cm³/mol. The van der Waals surface area contributed by atoms with Crippen LogP contribution < -0.4 is 0 Å². The van der Waals surface area contributed by atoms with Gasteiger partial charge in [-0.15, -0.1) is 0 Å². The zero-order valence-electron chi connectivity index (χ0n) is 9.70. The molecule has 3 fully saturated rings. The van der Waals surface area contributed by atoms with E-state index in [1.807, 2.05) is 0 Å². The second kappa shape index (κ2) is 3.31. The van der Waals surface area contributed by atoms with Gasteiger partial charge in [0.15, 0.2) is 0 Å². The predicted octanol–water partition coefficient (Wildman–Crippen LogP) is 2.09. The fourth-order valence-electron chi connectivity index (χ4n) is 4.47. The number of Topliss-reactive ketones (excluding diaryl/α,β-unsaturated/α-hetero) is 1. The molecule has 0 saturated heterocycles. The van der Waals surface area contributed by atoms with Gasteiger partial charge < -0.3 is 4.74 Å². The van der Waals surface area contributed by atoms with Crippen molar-refractivity contribution in [3.63, 3.8) is 0 Å². The highest BCUT2D eigenvalue weighted by Crippen LogP contribution is 2.63. The maximum atomic E-state index is 12.0. The van der Waals surface area contributed by atoms with Crippen LogP contribution in [0.25, 0.3) is 0 Å². The maximum absolute atomic E-state index is 12.0. The lowest BCUT2D eigenvalue weighted by atomic mass is 9.49. The van der Waals surface area contributed by atoms with E-state index in [2.05, 4.69) is 0 Å². The molecule has 3 aliphatic carbocycles. The molecule has 0 amide bonds. The Morgan fingerprint density at radius 1 is 1.38 bits per heavy atom. The number of hydrogen-bond acceptors (Lipinski definition) is 3. The van der Waals surface area contributed by atoms with E-state index >= 15 is 0 Å². The number of hydrogen-bond donors (Lipinski definition) is 0. The van der Waals surface area contributed by atoms with E-state index < -0.39 is 0 Å². The first kappa shape index (κ1) is 10.3. The minimum Gasteiger partial charge on any atom is -0.458 e. The zero-order chi connectivity index (χ0) is 11.3. The summed E-state index contributed by atoms with van der Waals surface area (Å²) in [6, 6.07) is 0. The quantitative estimate of drug-likeness (QED) is 0.638. The number of esters is 1. The summed E-state index contributed by atoms with van der Waals surface area (Å²) in [6.07, 6.45) is 5.99. The van der Waals surface area contributed by atoms with Gasteiger partial charge in [-0.05, 0) is 31.6 Å². The first-order valence-electron chi connectivity index (χ1n) is 6.37. The summed E-state index contributed by atoms with van der Waals surface area (Å²) in [5.74, 6) is 1.16. The summed E-state index contributed by atoms with van der Waals surface area (Å²) in [5, 5.41) is 0. The Morgan fingerprint density at radius 2 is 2.19 bits per heavy atom. The number of fused-ring (bicyclic) bond motifs is 4. The Labute approximate surface area is 95.5 Å². The lowest BCUT2D eigenvalue weighted by Gasteiger charge is -2.59. The van der Waals surface area contributed by atoms with Gasteiger partial charge in [0.1, 0.15) is 11.4 Å². The molecule has 0 bridgehead atoms. The third-order valence-electron chi connectivity index (χ3n) is 4.82. The highest BCUT2D eigenvalue weighted by atomic mass is 16.6. The summed E-state index contributed by atoms with van der Waals surface area (Å²) >= 11 is 0. The van der Waals surface area contributed by atoms with E-state index in [1.54, 1.807) is 0 Å². The van der Waals surface area contributed by atoms with Gasteiger partial charge in [0.2, 0.25) is 0 Å². The van der Waals surface area contributed by atoms with Gasteiger partial charge in [-0.1, -0.05) is 6.42 Å². The molecular weight excluding hydrogens is 204 g/mol. The molecule has 3 nitrogen and oxygen atoms in total. The Morgan fingerprint density at radius 3 is 2.94 bits per heavy atom. The van der Waals surface area contributed by atoms with Gasteiger partial charge in [-0.25, -0.2) is 0 Å². The zero-order valence-corrected chi connectivity index (χ0v) is 9.70. The van der Waals surface area contributed by atoms with E-state index in [0.29, 0.717) is 24.0 Å². The van der Waals surface area contributed by atoms with Crippen molar-refractivity contribution in [2.24, 2.45) is 17.8 Å². The van der Waals surface area contributed by atoms with Gasteiger partial charge >= 0.3 is 5.97 Å². The van der Waals surface area contributed by atoms with Crippen LogP contribution in [0.1, 0.15) is 45.4 Å². The lowest BCUT2D eigenvalue weighted by molar-refractivity contribution is -0.225. The molecule has 0 aromatic heterocycles. The average molecular weight is 222 g/mol. The first-order chi connectivity index (χ1) is 7.65. The fourth-order valence-corrected chi connectivity index (χ4v) is 4.47. The Hall–Kier alpha value is -0.860. The first-order valence-corrected chi connectivity index (χ1v) is 6.37. The fraction of sp³-hybridized carbons (Fsp3) is 0.846. The smallest absolute Gasteiger partial charge is 0.303 e. The molecule has 0 heterocycles. The summed E-state index contributed by atoms with van der Waals surface area (Å²) in [4.78, 5) is 23.3. The van der Waals surface area contributed by atoms with Gasteiger partial charge in [0, 0.05) is 19.3 Å². The molecule has 0 aromatic rings. The molecule has 3 rings (SSSR count). The van der Waals surface area contributed by atoms with Crippen LogP contribution in [0.5, 0.6) is 0 Å². The molecular formula is C13H18O3. The number of ether oxygens (including phenoxy) is 1. The minimum absolute atomic E-state index is 0.0395. The Balaban J connectivity index is 1.92. The summed E-state index contributed by atoms with van der Waals surface area (Å²) in [6.45, 7) is 1.47. The average Bonchev–Trinajstić information content (AvgIpc) is 2.60. The Kier molecular flexibility index (Phi) is 2.13. The number of ketones is 1. The SMILES string of the molecule is CC(=O)O[C@@]12CCCC(=O)[C@@H]1C1CCCC12. The molecule has 3 saturated carbocycles. The summed E-state index contributed by atoms with van der Waals surface area (Å²) in [7, 11) is 0. The monoisotopic (exact) mass is 222 g/mol. The van der Waals surface area contributed by atoms with Gasteiger partial charge in [0.25, 0.3) is 0 Å². The van der Waals surface area contributed by atoms with Gasteiger partial charge in [-0.3, -0.25) is 9.59 Å². The molecule has 0 N–H and O–H groups in total. The molecule has 0 spiro atoms. The molecule has 88 valence electrons. The van der Waals surface area contributed by atoms with Crippen LogP contribution in [0.2, 0.25) is 0 Å². The van der Waals surface area contributed by atoms with Crippen molar-refractivity contribution < 1.29 is 14.3 Å².